The number of likely N-dealkylation sites (tertiary alicyclic amines) is 1. The van der Waals surface area contributed by atoms with Gasteiger partial charge >= 0.3 is 0 Å². The summed E-state index contributed by atoms with van der Waals surface area (Å²) in [5, 5.41) is 0. The summed E-state index contributed by atoms with van der Waals surface area (Å²) in [7, 11) is 4.28. The van der Waals surface area contributed by atoms with Gasteiger partial charge in [0, 0.05) is 6.54 Å². The van der Waals surface area contributed by atoms with Crippen LogP contribution in [0, 0.1) is 29.1 Å². The second kappa shape index (κ2) is 5.69. The fraction of sp³-hybridized carbons (Fsp3) is 0.952. The van der Waals surface area contributed by atoms with Gasteiger partial charge in [-0.2, -0.15) is 0 Å². The molecule has 0 aromatic rings. The van der Waals surface area contributed by atoms with Gasteiger partial charge in [-0.05, 0) is 89.1 Å². The second-order valence-electron chi connectivity index (χ2n) is 10.5. The maximum Gasteiger partial charge on any atom is 0.229 e. The molecule has 6 aliphatic rings. The molecule has 25 heavy (non-hydrogen) atoms. The molecule has 4 heteroatoms. The van der Waals surface area contributed by atoms with Crippen LogP contribution in [0.2, 0.25) is 0 Å². The van der Waals surface area contributed by atoms with E-state index in [0.29, 0.717) is 11.8 Å². The first-order valence-corrected chi connectivity index (χ1v) is 10.5. The Hall–Kier alpha value is -0.610. The maximum absolute atomic E-state index is 13.4. The molecule has 4 bridgehead atoms. The molecular weight excluding hydrogens is 312 g/mol. The van der Waals surface area contributed by atoms with Crippen LogP contribution in [-0.2, 0) is 9.53 Å². The molecule has 4 saturated carbocycles. The van der Waals surface area contributed by atoms with Crippen molar-refractivity contribution >= 4 is 5.91 Å². The Bertz CT molecular complexity index is 507. The fourth-order valence-corrected chi connectivity index (χ4v) is 7.33. The summed E-state index contributed by atoms with van der Waals surface area (Å²) in [6.45, 7) is 3.72. The van der Waals surface area contributed by atoms with Crippen molar-refractivity contribution in [2.24, 2.45) is 29.1 Å². The first-order valence-electron chi connectivity index (χ1n) is 10.5. The van der Waals surface area contributed by atoms with Gasteiger partial charge in [0.2, 0.25) is 5.91 Å². The predicted octanol–water partition coefficient (Wildman–Crippen LogP) is 2.77. The topological polar surface area (TPSA) is 32.8 Å². The third-order valence-electron chi connectivity index (χ3n) is 7.99. The zero-order chi connectivity index (χ0) is 17.2. The van der Waals surface area contributed by atoms with Gasteiger partial charge in [0.1, 0.15) is 5.60 Å². The Kier molecular flexibility index (Phi) is 3.77. The Morgan fingerprint density at radius 3 is 2.16 bits per heavy atom. The lowest BCUT2D eigenvalue weighted by Gasteiger charge is -2.60. The fourth-order valence-electron chi connectivity index (χ4n) is 7.33. The van der Waals surface area contributed by atoms with Crippen LogP contribution in [0.5, 0.6) is 0 Å². The summed E-state index contributed by atoms with van der Waals surface area (Å²) in [4.78, 5) is 17.8. The number of amides is 1. The highest BCUT2D eigenvalue weighted by Crippen LogP contribution is 2.61. The molecule has 1 spiro atoms. The summed E-state index contributed by atoms with van der Waals surface area (Å²) in [5.41, 5.74) is 0.0270. The van der Waals surface area contributed by atoms with Crippen molar-refractivity contribution in [3.63, 3.8) is 0 Å². The van der Waals surface area contributed by atoms with E-state index in [-0.39, 0.29) is 11.0 Å². The molecule has 0 unspecified atom stereocenters. The van der Waals surface area contributed by atoms with Crippen molar-refractivity contribution in [1.82, 2.24) is 9.80 Å². The summed E-state index contributed by atoms with van der Waals surface area (Å²) >= 11 is 0. The lowest BCUT2D eigenvalue weighted by Crippen LogP contribution is -2.69. The molecular formula is C21H34N2O2. The highest BCUT2D eigenvalue weighted by atomic mass is 16.5. The summed E-state index contributed by atoms with van der Waals surface area (Å²) in [5.74, 6) is 3.71. The molecule has 2 saturated heterocycles. The number of hydrogen-bond donors (Lipinski definition) is 0. The van der Waals surface area contributed by atoms with E-state index >= 15 is 0 Å². The van der Waals surface area contributed by atoms with Gasteiger partial charge < -0.3 is 14.5 Å². The third kappa shape index (κ3) is 2.75. The molecule has 4 aliphatic carbocycles. The summed E-state index contributed by atoms with van der Waals surface area (Å²) in [6.07, 6.45) is 10.2. The van der Waals surface area contributed by atoms with E-state index in [1.165, 1.54) is 44.9 Å². The number of rotatable bonds is 3. The third-order valence-corrected chi connectivity index (χ3v) is 7.99. The lowest BCUT2D eigenvalue weighted by molar-refractivity contribution is -0.203. The van der Waals surface area contributed by atoms with Crippen LogP contribution in [-0.4, -0.2) is 61.6 Å². The standard InChI is InChI=1S/C21H34N2O2/c1-22(2)11-15-3-4-21(25-12-15)13-23(14-21)19(24)20-8-16-5-17(9-20)7-18(6-16)10-20/h15-18H,3-14H2,1-2H3/t15-,16?,17?,18?,20?/m1/s1. The van der Waals surface area contributed by atoms with Gasteiger partial charge in [-0.25, -0.2) is 0 Å². The number of nitrogens with zero attached hydrogens (tertiary/aromatic N) is 2. The molecule has 1 atom stereocenters. The van der Waals surface area contributed by atoms with Crippen LogP contribution in [0.3, 0.4) is 0 Å². The molecule has 1 amide bonds. The minimum Gasteiger partial charge on any atom is -0.371 e. The van der Waals surface area contributed by atoms with Crippen LogP contribution in [0.25, 0.3) is 0 Å². The molecule has 140 valence electrons. The van der Waals surface area contributed by atoms with Gasteiger partial charge in [0.25, 0.3) is 0 Å². The van der Waals surface area contributed by atoms with Crippen molar-refractivity contribution < 1.29 is 9.53 Å². The van der Waals surface area contributed by atoms with Crippen molar-refractivity contribution in [2.75, 3.05) is 40.3 Å². The zero-order valence-electron chi connectivity index (χ0n) is 16.0. The van der Waals surface area contributed by atoms with Crippen molar-refractivity contribution in [1.29, 1.82) is 0 Å². The Labute approximate surface area is 152 Å². The second-order valence-corrected chi connectivity index (χ2v) is 10.5. The molecule has 2 heterocycles. The van der Waals surface area contributed by atoms with Crippen molar-refractivity contribution in [2.45, 2.75) is 57.0 Å². The Morgan fingerprint density at radius 2 is 1.68 bits per heavy atom. The van der Waals surface area contributed by atoms with Gasteiger partial charge in [-0.3, -0.25) is 4.79 Å². The molecule has 0 radical (unpaired) electrons. The summed E-state index contributed by atoms with van der Waals surface area (Å²) < 4.78 is 6.29. The minimum absolute atomic E-state index is 0.000761. The van der Waals surface area contributed by atoms with E-state index in [1.807, 2.05) is 0 Å². The maximum atomic E-state index is 13.4. The van der Waals surface area contributed by atoms with Gasteiger partial charge in [0.15, 0.2) is 0 Å². The number of carbonyl (C=O) groups excluding carboxylic acids is 1. The monoisotopic (exact) mass is 346 g/mol. The van der Waals surface area contributed by atoms with E-state index in [1.54, 1.807) is 0 Å². The largest absolute Gasteiger partial charge is 0.371 e. The molecule has 2 aliphatic heterocycles. The van der Waals surface area contributed by atoms with Crippen LogP contribution >= 0.6 is 0 Å². The predicted molar refractivity (Wildman–Crippen MR) is 97.1 cm³/mol. The first-order chi connectivity index (χ1) is 12.0. The van der Waals surface area contributed by atoms with Gasteiger partial charge in [-0.1, -0.05) is 0 Å². The molecule has 0 aromatic heterocycles. The average molecular weight is 347 g/mol. The van der Waals surface area contributed by atoms with Crippen LogP contribution in [0.1, 0.15) is 51.4 Å². The SMILES string of the molecule is CN(C)C[C@H]1CCC2(CN(C(=O)C34CC5CC(CC(C5)C3)C4)C2)OC1. The van der Waals surface area contributed by atoms with Crippen LogP contribution in [0.4, 0.5) is 0 Å². The summed E-state index contributed by atoms with van der Waals surface area (Å²) in [6, 6.07) is 0. The molecule has 6 rings (SSSR count). The minimum atomic E-state index is 0.000761. The van der Waals surface area contributed by atoms with E-state index < -0.39 is 0 Å². The van der Waals surface area contributed by atoms with Crippen molar-refractivity contribution in [3.05, 3.63) is 0 Å². The zero-order valence-corrected chi connectivity index (χ0v) is 16.0. The van der Waals surface area contributed by atoms with E-state index in [2.05, 4.69) is 23.9 Å². The Morgan fingerprint density at radius 1 is 1.08 bits per heavy atom. The molecule has 0 N–H and O–H groups in total. The Balaban J connectivity index is 1.19. The lowest BCUT2D eigenvalue weighted by atomic mass is 9.49. The molecule has 6 fully saturated rings. The normalized spacial score (nSPS) is 44.4. The highest BCUT2D eigenvalue weighted by Gasteiger charge is 2.58. The van der Waals surface area contributed by atoms with Crippen molar-refractivity contribution in [3.8, 4) is 0 Å². The average Bonchev–Trinajstić information content (AvgIpc) is 2.51. The number of hydrogen-bond acceptors (Lipinski definition) is 3. The van der Waals surface area contributed by atoms with Gasteiger partial charge in [0.05, 0.1) is 25.1 Å². The van der Waals surface area contributed by atoms with E-state index in [4.69, 9.17) is 4.74 Å². The van der Waals surface area contributed by atoms with E-state index in [9.17, 15) is 4.79 Å². The number of ether oxygens (including phenoxy) is 1. The first kappa shape index (κ1) is 16.6. The van der Waals surface area contributed by atoms with E-state index in [0.717, 1.165) is 50.4 Å². The van der Waals surface area contributed by atoms with Gasteiger partial charge in [-0.15, -0.1) is 0 Å². The molecule has 4 nitrogen and oxygen atoms in total. The quantitative estimate of drug-likeness (QED) is 0.788. The van der Waals surface area contributed by atoms with Crippen LogP contribution < -0.4 is 0 Å². The smallest absolute Gasteiger partial charge is 0.229 e. The number of carbonyl (C=O) groups is 1. The highest BCUT2D eigenvalue weighted by molar-refractivity contribution is 5.84. The van der Waals surface area contributed by atoms with Crippen LogP contribution in [0.15, 0.2) is 0 Å². The molecule has 0 aromatic carbocycles.